The molecule has 0 atom stereocenters. The smallest absolute Gasteiger partial charge is 0.200 e. The minimum atomic E-state index is 0.238. The zero-order valence-electron chi connectivity index (χ0n) is 6.08. The average Bonchev–Trinajstić information content (AvgIpc) is 2.33. The quantitative estimate of drug-likeness (QED) is 0.567. The lowest BCUT2D eigenvalue weighted by molar-refractivity contribution is -0.120. The Balaban J connectivity index is 2.45. The van der Waals surface area contributed by atoms with Gasteiger partial charge in [-0.3, -0.25) is 4.79 Å². The molecule has 0 fully saturated rings. The summed E-state index contributed by atoms with van der Waals surface area (Å²) in [6, 6.07) is 0. The van der Waals surface area contributed by atoms with Gasteiger partial charge >= 0.3 is 0 Å². The van der Waals surface area contributed by atoms with Gasteiger partial charge in [0, 0.05) is 12.1 Å². The SMILES string of the molecule is Nc1ncc2n1CC(=O)CC2. The Morgan fingerprint density at radius 3 is 3.18 bits per heavy atom. The molecule has 1 aromatic heterocycles. The Morgan fingerprint density at radius 2 is 2.36 bits per heavy atom. The van der Waals surface area contributed by atoms with Crippen LogP contribution in [0.1, 0.15) is 12.1 Å². The molecule has 2 rings (SSSR count). The van der Waals surface area contributed by atoms with E-state index >= 15 is 0 Å². The van der Waals surface area contributed by atoms with Crippen molar-refractivity contribution < 1.29 is 4.79 Å². The van der Waals surface area contributed by atoms with E-state index in [0.29, 0.717) is 18.9 Å². The van der Waals surface area contributed by atoms with Crippen molar-refractivity contribution in [3.63, 3.8) is 0 Å². The maximum absolute atomic E-state index is 11.0. The summed E-state index contributed by atoms with van der Waals surface area (Å²) in [6.45, 7) is 0.404. The van der Waals surface area contributed by atoms with E-state index in [1.54, 1.807) is 10.8 Å². The zero-order valence-corrected chi connectivity index (χ0v) is 6.08. The second-order valence-electron chi connectivity index (χ2n) is 2.73. The Labute approximate surface area is 64.0 Å². The lowest BCUT2D eigenvalue weighted by Crippen LogP contribution is -2.20. The van der Waals surface area contributed by atoms with Crippen LogP contribution in [0.25, 0.3) is 0 Å². The predicted octanol–water partition coefficient (Wildman–Crippen LogP) is -0.0194. The molecule has 0 aromatic carbocycles. The van der Waals surface area contributed by atoms with Gasteiger partial charge in [0.2, 0.25) is 5.95 Å². The van der Waals surface area contributed by atoms with Crippen LogP contribution in [0.15, 0.2) is 6.20 Å². The number of carbonyl (C=O) groups excluding carboxylic acids is 1. The fourth-order valence-corrected chi connectivity index (χ4v) is 1.33. The number of nitrogens with two attached hydrogens (primary N) is 1. The molecule has 1 aromatic rings. The van der Waals surface area contributed by atoms with Crippen LogP contribution in [0.2, 0.25) is 0 Å². The highest BCUT2D eigenvalue weighted by atomic mass is 16.1. The molecule has 0 saturated carbocycles. The Morgan fingerprint density at radius 1 is 1.55 bits per heavy atom. The average molecular weight is 151 g/mol. The van der Waals surface area contributed by atoms with Crippen LogP contribution in [0.4, 0.5) is 5.95 Å². The van der Waals surface area contributed by atoms with E-state index in [9.17, 15) is 4.79 Å². The number of aryl methyl sites for hydroxylation is 1. The molecule has 0 saturated heterocycles. The number of carbonyl (C=O) groups is 1. The zero-order chi connectivity index (χ0) is 7.84. The van der Waals surface area contributed by atoms with E-state index in [2.05, 4.69) is 4.98 Å². The standard InChI is InChI=1S/C7H9N3O/c8-7-9-3-5-1-2-6(11)4-10(5)7/h3H,1-2,4H2,(H2,8,9). The van der Waals surface area contributed by atoms with E-state index in [1.165, 1.54) is 0 Å². The van der Waals surface area contributed by atoms with Crippen LogP contribution < -0.4 is 5.73 Å². The second kappa shape index (κ2) is 2.08. The summed E-state index contributed by atoms with van der Waals surface area (Å²) in [5, 5.41) is 0. The van der Waals surface area contributed by atoms with E-state index in [-0.39, 0.29) is 5.78 Å². The minimum absolute atomic E-state index is 0.238. The summed E-state index contributed by atoms with van der Waals surface area (Å²) in [4.78, 5) is 14.9. The molecule has 0 unspecified atom stereocenters. The van der Waals surface area contributed by atoms with Gasteiger partial charge < -0.3 is 10.3 Å². The van der Waals surface area contributed by atoms with E-state index in [1.807, 2.05) is 0 Å². The molecule has 2 heterocycles. The van der Waals surface area contributed by atoms with Crippen molar-refractivity contribution in [2.45, 2.75) is 19.4 Å². The summed E-state index contributed by atoms with van der Waals surface area (Å²) < 4.78 is 1.77. The number of fused-ring (bicyclic) bond motifs is 1. The van der Waals surface area contributed by atoms with Crippen LogP contribution in [-0.2, 0) is 17.8 Å². The molecule has 1 aliphatic rings. The van der Waals surface area contributed by atoms with E-state index in [4.69, 9.17) is 5.73 Å². The van der Waals surface area contributed by atoms with Crippen LogP contribution in [0.3, 0.4) is 0 Å². The first-order chi connectivity index (χ1) is 5.27. The third-order valence-corrected chi connectivity index (χ3v) is 1.96. The van der Waals surface area contributed by atoms with Gasteiger partial charge in [0.1, 0.15) is 0 Å². The Bertz CT molecular complexity index is 303. The third-order valence-electron chi connectivity index (χ3n) is 1.96. The first-order valence-electron chi connectivity index (χ1n) is 3.59. The molecular formula is C7H9N3O. The lowest BCUT2D eigenvalue weighted by atomic mass is 10.1. The Hall–Kier alpha value is -1.32. The van der Waals surface area contributed by atoms with Crippen LogP contribution in [0.5, 0.6) is 0 Å². The highest BCUT2D eigenvalue weighted by molar-refractivity contribution is 5.79. The summed E-state index contributed by atoms with van der Waals surface area (Å²) in [5.74, 6) is 0.690. The highest BCUT2D eigenvalue weighted by Gasteiger charge is 2.16. The molecule has 4 heteroatoms. The highest BCUT2D eigenvalue weighted by Crippen LogP contribution is 2.14. The summed E-state index contributed by atoms with van der Waals surface area (Å²) in [5.41, 5.74) is 6.59. The van der Waals surface area contributed by atoms with Gasteiger partial charge in [0.05, 0.1) is 12.7 Å². The molecule has 0 aliphatic carbocycles. The van der Waals surface area contributed by atoms with E-state index < -0.39 is 0 Å². The maximum Gasteiger partial charge on any atom is 0.200 e. The number of aromatic nitrogens is 2. The number of hydrogen-bond acceptors (Lipinski definition) is 3. The number of nitrogen functional groups attached to an aromatic ring is 1. The summed E-state index contributed by atoms with van der Waals surface area (Å²) in [6.07, 6.45) is 3.15. The number of nitrogens with zero attached hydrogens (tertiary/aromatic N) is 2. The van der Waals surface area contributed by atoms with Gasteiger partial charge in [-0.25, -0.2) is 4.98 Å². The fraction of sp³-hybridized carbons (Fsp3) is 0.429. The molecular weight excluding hydrogens is 142 g/mol. The first-order valence-corrected chi connectivity index (χ1v) is 3.59. The lowest BCUT2D eigenvalue weighted by Gasteiger charge is -2.13. The summed E-state index contributed by atoms with van der Waals surface area (Å²) in [7, 11) is 0. The predicted molar refractivity (Wildman–Crippen MR) is 40.0 cm³/mol. The number of imidazole rings is 1. The van der Waals surface area contributed by atoms with E-state index in [0.717, 1.165) is 12.1 Å². The van der Waals surface area contributed by atoms with Crippen molar-refractivity contribution in [1.29, 1.82) is 0 Å². The minimum Gasteiger partial charge on any atom is -0.369 e. The molecule has 1 aliphatic heterocycles. The van der Waals surface area contributed by atoms with Gasteiger partial charge in [-0.1, -0.05) is 0 Å². The van der Waals surface area contributed by atoms with Crippen LogP contribution in [0, 0.1) is 0 Å². The molecule has 0 bridgehead atoms. The number of anilines is 1. The van der Waals surface area contributed by atoms with Gasteiger partial charge in [-0.15, -0.1) is 0 Å². The van der Waals surface area contributed by atoms with Crippen molar-refractivity contribution in [2.75, 3.05) is 5.73 Å². The Kier molecular flexibility index (Phi) is 1.21. The third kappa shape index (κ3) is 0.906. The van der Waals surface area contributed by atoms with Crippen molar-refractivity contribution in [3.8, 4) is 0 Å². The first kappa shape index (κ1) is 6.39. The van der Waals surface area contributed by atoms with Gasteiger partial charge in [0.15, 0.2) is 5.78 Å². The van der Waals surface area contributed by atoms with Crippen molar-refractivity contribution in [2.24, 2.45) is 0 Å². The normalized spacial score (nSPS) is 16.5. The molecule has 0 radical (unpaired) electrons. The van der Waals surface area contributed by atoms with Crippen molar-refractivity contribution in [3.05, 3.63) is 11.9 Å². The van der Waals surface area contributed by atoms with Crippen molar-refractivity contribution >= 4 is 11.7 Å². The van der Waals surface area contributed by atoms with Crippen LogP contribution in [-0.4, -0.2) is 15.3 Å². The number of rotatable bonds is 0. The largest absolute Gasteiger partial charge is 0.369 e. The van der Waals surface area contributed by atoms with Crippen molar-refractivity contribution in [1.82, 2.24) is 9.55 Å². The number of ketones is 1. The number of hydrogen-bond donors (Lipinski definition) is 1. The second-order valence-corrected chi connectivity index (χ2v) is 2.73. The van der Waals surface area contributed by atoms with Gasteiger partial charge in [-0.05, 0) is 6.42 Å². The van der Waals surface area contributed by atoms with Gasteiger partial charge in [-0.2, -0.15) is 0 Å². The monoisotopic (exact) mass is 151 g/mol. The summed E-state index contributed by atoms with van der Waals surface area (Å²) >= 11 is 0. The molecule has 58 valence electrons. The maximum atomic E-state index is 11.0. The molecule has 2 N–H and O–H groups in total. The topological polar surface area (TPSA) is 60.9 Å². The van der Waals surface area contributed by atoms with Crippen LogP contribution >= 0.6 is 0 Å². The molecule has 11 heavy (non-hydrogen) atoms. The fourth-order valence-electron chi connectivity index (χ4n) is 1.33. The molecule has 4 nitrogen and oxygen atoms in total. The number of Topliss-reactive ketones (excluding diaryl/α,β-unsaturated/α-hetero) is 1. The molecule has 0 amide bonds. The van der Waals surface area contributed by atoms with Gasteiger partial charge in [0.25, 0.3) is 0 Å². The molecule has 0 spiro atoms.